The zero-order valence-electron chi connectivity index (χ0n) is 9.82. The Bertz CT molecular complexity index is 500. The number of oxazole rings is 1. The van der Waals surface area contributed by atoms with Crippen molar-refractivity contribution in [3.63, 3.8) is 0 Å². The van der Waals surface area contributed by atoms with E-state index in [-0.39, 0.29) is 6.04 Å². The van der Waals surface area contributed by atoms with Gasteiger partial charge in [0.15, 0.2) is 5.76 Å². The molecule has 1 heterocycles. The first-order valence-electron chi connectivity index (χ1n) is 5.37. The van der Waals surface area contributed by atoms with Gasteiger partial charge in [-0.05, 0) is 31.9 Å². The number of aryl methyl sites for hydroxylation is 1. The second-order valence-electron chi connectivity index (χ2n) is 4.10. The van der Waals surface area contributed by atoms with Gasteiger partial charge < -0.3 is 10.2 Å². The summed E-state index contributed by atoms with van der Waals surface area (Å²) in [5.74, 6) is 1.37. The summed E-state index contributed by atoms with van der Waals surface area (Å²) < 4.78 is 5.63. The number of hydrogen-bond donors (Lipinski definition) is 1. The zero-order chi connectivity index (χ0) is 11.7. The quantitative estimate of drug-likeness (QED) is 0.839. The van der Waals surface area contributed by atoms with Gasteiger partial charge in [0.05, 0.1) is 12.2 Å². The Labute approximate surface area is 95.3 Å². The molecule has 16 heavy (non-hydrogen) atoms. The Morgan fingerprint density at radius 2 is 2.06 bits per heavy atom. The lowest BCUT2D eigenvalue weighted by molar-refractivity contribution is 0.473. The normalized spacial score (nSPS) is 12.8. The van der Waals surface area contributed by atoms with E-state index in [1.54, 1.807) is 6.20 Å². The van der Waals surface area contributed by atoms with Crippen molar-refractivity contribution in [2.45, 2.75) is 26.8 Å². The maximum absolute atomic E-state index is 5.72. The summed E-state index contributed by atoms with van der Waals surface area (Å²) in [7, 11) is 0. The maximum atomic E-state index is 5.72. The average molecular weight is 216 g/mol. The third-order valence-electron chi connectivity index (χ3n) is 2.78. The van der Waals surface area contributed by atoms with E-state index in [2.05, 4.69) is 24.9 Å². The summed E-state index contributed by atoms with van der Waals surface area (Å²) in [5.41, 5.74) is 9.26. The van der Waals surface area contributed by atoms with Gasteiger partial charge in [0.1, 0.15) is 0 Å². The molecule has 2 aromatic rings. The molecule has 1 aromatic heterocycles. The summed E-state index contributed by atoms with van der Waals surface area (Å²) in [5, 5.41) is 0. The Morgan fingerprint density at radius 1 is 1.31 bits per heavy atom. The monoisotopic (exact) mass is 216 g/mol. The van der Waals surface area contributed by atoms with Crippen LogP contribution in [-0.4, -0.2) is 4.98 Å². The van der Waals surface area contributed by atoms with Crippen LogP contribution < -0.4 is 5.73 Å². The average Bonchev–Trinajstić information content (AvgIpc) is 2.71. The first-order valence-corrected chi connectivity index (χ1v) is 5.37. The lowest BCUT2D eigenvalue weighted by atomic mass is 10.0. The summed E-state index contributed by atoms with van der Waals surface area (Å²) >= 11 is 0. The van der Waals surface area contributed by atoms with E-state index in [1.165, 1.54) is 11.1 Å². The topological polar surface area (TPSA) is 52.0 Å². The predicted octanol–water partition coefficient (Wildman–Crippen LogP) is 2.98. The highest BCUT2D eigenvalue weighted by Crippen LogP contribution is 2.27. The van der Waals surface area contributed by atoms with Gasteiger partial charge in [-0.1, -0.05) is 18.2 Å². The molecule has 3 heteroatoms. The van der Waals surface area contributed by atoms with Gasteiger partial charge in [0.2, 0.25) is 5.89 Å². The Balaban J connectivity index is 2.47. The highest BCUT2D eigenvalue weighted by atomic mass is 16.4. The fourth-order valence-electron chi connectivity index (χ4n) is 1.64. The van der Waals surface area contributed by atoms with Gasteiger partial charge >= 0.3 is 0 Å². The zero-order valence-corrected chi connectivity index (χ0v) is 9.82. The SMILES string of the molecule is Cc1cccc(-c2cnc(C(C)N)o2)c1C. The molecule has 0 bridgehead atoms. The van der Waals surface area contributed by atoms with Gasteiger partial charge in [0, 0.05) is 5.56 Å². The first kappa shape index (κ1) is 10.9. The van der Waals surface area contributed by atoms with Crippen molar-refractivity contribution in [1.29, 1.82) is 0 Å². The highest BCUT2D eigenvalue weighted by Gasteiger charge is 2.11. The van der Waals surface area contributed by atoms with Crippen LogP contribution in [0.3, 0.4) is 0 Å². The molecule has 0 aliphatic heterocycles. The van der Waals surface area contributed by atoms with Crippen LogP contribution >= 0.6 is 0 Å². The Kier molecular flexibility index (Phi) is 2.79. The van der Waals surface area contributed by atoms with E-state index in [0.717, 1.165) is 11.3 Å². The molecule has 0 radical (unpaired) electrons. The maximum Gasteiger partial charge on any atom is 0.211 e. The number of benzene rings is 1. The van der Waals surface area contributed by atoms with Gasteiger partial charge in [-0.3, -0.25) is 0 Å². The molecule has 0 spiro atoms. The van der Waals surface area contributed by atoms with Crippen LogP contribution in [0.1, 0.15) is 30.0 Å². The van der Waals surface area contributed by atoms with Gasteiger partial charge in [-0.25, -0.2) is 4.98 Å². The van der Waals surface area contributed by atoms with Crippen molar-refractivity contribution >= 4 is 0 Å². The molecule has 1 aromatic carbocycles. The van der Waals surface area contributed by atoms with E-state index < -0.39 is 0 Å². The Hall–Kier alpha value is -1.61. The third kappa shape index (κ3) is 1.86. The molecule has 0 saturated heterocycles. The van der Waals surface area contributed by atoms with Crippen LogP contribution in [0.4, 0.5) is 0 Å². The van der Waals surface area contributed by atoms with E-state index >= 15 is 0 Å². The van der Waals surface area contributed by atoms with Crippen molar-refractivity contribution in [2.75, 3.05) is 0 Å². The minimum atomic E-state index is -0.168. The lowest BCUT2D eigenvalue weighted by Crippen LogP contribution is -2.04. The summed E-state index contributed by atoms with van der Waals surface area (Å²) in [6.45, 7) is 6.03. The van der Waals surface area contributed by atoms with E-state index in [1.807, 2.05) is 19.1 Å². The van der Waals surface area contributed by atoms with Crippen LogP contribution in [0.25, 0.3) is 11.3 Å². The second kappa shape index (κ2) is 4.10. The molecular weight excluding hydrogens is 200 g/mol. The lowest BCUT2D eigenvalue weighted by Gasteiger charge is -2.05. The summed E-state index contributed by atoms with van der Waals surface area (Å²) in [6.07, 6.45) is 1.74. The fraction of sp³-hybridized carbons (Fsp3) is 0.308. The van der Waals surface area contributed by atoms with Crippen LogP contribution in [0, 0.1) is 13.8 Å². The minimum Gasteiger partial charge on any atom is -0.439 e. The van der Waals surface area contributed by atoms with Crippen molar-refractivity contribution in [2.24, 2.45) is 5.73 Å². The molecule has 1 atom stereocenters. The van der Waals surface area contributed by atoms with Crippen molar-refractivity contribution in [3.8, 4) is 11.3 Å². The van der Waals surface area contributed by atoms with Crippen molar-refractivity contribution < 1.29 is 4.42 Å². The molecule has 0 fully saturated rings. The van der Waals surface area contributed by atoms with Gasteiger partial charge in [0.25, 0.3) is 0 Å². The summed E-state index contributed by atoms with van der Waals surface area (Å²) in [6, 6.07) is 5.97. The third-order valence-corrected chi connectivity index (χ3v) is 2.78. The number of rotatable bonds is 2. The molecule has 0 aliphatic rings. The molecule has 2 rings (SSSR count). The number of nitrogens with zero attached hydrogens (tertiary/aromatic N) is 1. The van der Waals surface area contributed by atoms with Crippen LogP contribution in [0.2, 0.25) is 0 Å². The number of aromatic nitrogens is 1. The van der Waals surface area contributed by atoms with Crippen molar-refractivity contribution in [1.82, 2.24) is 4.98 Å². The number of nitrogens with two attached hydrogens (primary N) is 1. The highest BCUT2D eigenvalue weighted by molar-refractivity contribution is 5.62. The van der Waals surface area contributed by atoms with Gasteiger partial charge in [-0.15, -0.1) is 0 Å². The largest absolute Gasteiger partial charge is 0.439 e. The Morgan fingerprint density at radius 3 is 2.69 bits per heavy atom. The fourth-order valence-corrected chi connectivity index (χ4v) is 1.64. The molecule has 84 valence electrons. The molecule has 0 saturated carbocycles. The summed E-state index contributed by atoms with van der Waals surface area (Å²) in [4.78, 5) is 4.17. The van der Waals surface area contributed by atoms with E-state index in [4.69, 9.17) is 10.2 Å². The molecule has 3 nitrogen and oxygen atoms in total. The van der Waals surface area contributed by atoms with Crippen LogP contribution in [0.15, 0.2) is 28.8 Å². The van der Waals surface area contributed by atoms with Crippen LogP contribution in [-0.2, 0) is 0 Å². The minimum absolute atomic E-state index is 0.168. The first-order chi connectivity index (χ1) is 7.59. The number of hydrogen-bond acceptors (Lipinski definition) is 3. The standard InChI is InChI=1S/C13H16N2O/c1-8-5-4-6-11(9(8)2)12-7-15-13(16-12)10(3)14/h4-7,10H,14H2,1-3H3. The molecule has 2 N–H and O–H groups in total. The predicted molar refractivity (Wildman–Crippen MR) is 64.0 cm³/mol. The van der Waals surface area contributed by atoms with Crippen LogP contribution in [0.5, 0.6) is 0 Å². The molecule has 0 amide bonds. The molecule has 1 unspecified atom stereocenters. The van der Waals surface area contributed by atoms with E-state index in [0.29, 0.717) is 5.89 Å². The van der Waals surface area contributed by atoms with E-state index in [9.17, 15) is 0 Å². The molecule has 0 aliphatic carbocycles. The van der Waals surface area contributed by atoms with Crippen molar-refractivity contribution in [3.05, 3.63) is 41.4 Å². The van der Waals surface area contributed by atoms with Gasteiger partial charge in [-0.2, -0.15) is 0 Å². The molecular formula is C13H16N2O. The smallest absolute Gasteiger partial charge is 0.211 e. The second-order valence-corrected chi connectivity index (χ2v) is 4.10.